The number of carbonyl (C=O) groups excluding carboxylic acids is 2. The molecule has 0 N–H and O–H groups in total. The Kier molecular flexibility index (Phi) is 4.09. The Morgan fingerprint density at radius 3 is 2.57 bits per heavy atom. The van der Waals surface area contributed by atoms with Crippen molar-refractivity contribution in [1.29, 1.82) is 0 Å². The van der Waals surface area contributed by atoms with Gasteiger partial charge in [0.25, 0.3) is 0 Å². The Morgan fingerprint density at radius 1 is 1.10 bits per heavy atom. The zero-order chi connectivity index (χ0) is 14.8. The molecule has 0 saturated heterocycles. The Hall–Kier alpha value is -1.64. The fourth-order valence-electron chi connectivity index (χ4n) is 3.61. The minimum Gasteiger partial charge on any atom is -0.312 e. The summed E-state index contributed by atoms with van der Waals surface area (Å²) in [4.78, 5) is 26.3. The standard InChI is InChI=1S/C18H23NO2/c1-13(20)15-9-10-17-16(12-15)8-5-11-19(17)18(21)14-6-3-2-4-7-14/h9-10,12,14H,2-8,11H2,1H3. The van der Waals surface area contributed by atoms with Crippen LogP contribution in [-0.2, 0) is 11.2 Å². The monoisotopic (exact) mass is 285 g/mol. The number of rotatable bonds is 2. The number of benzene rings is 1. The molecule has 1 aromatic rings. The summed E-state index contributed by atoms with van der Waals surface area (Å²) >= 11 is 0. The van der Waals surface area contributed by atoms with Crippen LogP contribution in [0.1, 0.15) is 61.4 Å². The highest BCUT2D eigenvalue weighted by atomic mass is 16.2. The fourth-order valence-corrected chi connectivity index (χ4v) is 3.61. The van der Waals surface area contributed by atoms with Gasteiger partial charge in [-0.3, -0.25) is 9.59 Å². The van der Waals surface area contributed by atoms with Crippen LogP contribution >= 0.6 is 0 Å². The molecule has 1 fully saturated rings. The van der Waals surface area contributed by atoms with Gasteiger partial charge in [-0.15, -0.1) is 0 Å². The largest absolute Gasteiger partial charge is 0.312 e. The van der Waals surface area contributed by atoms with Gasteiger partial charge in [0.15, 0.2) is 5.78 Å². The smallest absolute Gasteiger partial charge is 0.230 e. The van der Waals surface area contributed by atoms with Gasteiger partial charge in [0, 0.05) is 23.7 Å². The molecule has 1 amide bonds. The van der Waals surface area contributed by atoms with E-state index in [2.05, 4.69) is 0 Å². The van der Waals surface area contributed by atoms with Gasteiger partial charge >= 0.3 is 0 Å². The maximum atomic E-state index is 12.8. The van der Waals surface area contributed by atoms with E-state index in [-0.39, 0.29) is 11.7 Å². The van der Waals surface area contributed by atoms with Crippen molar-refractivity contribution in [2.45, 2.75) is 51.9 Å². The fraction of sp³-hybridized carbons (Fsp3) is 0.556. The van der Waals surface area contributed by atoms with Gasteiger partial charge in [0.05, 0.1) is 0 Å². The highest BCUT2D eigenvalue weighted by Crippen LogP contribution is 2.32. The number of amides is 1. The number of Topliss-reactive ketones (excluding diaryl/α,β-unsaturated/α-hetero) is 1. The summed E-state index contributed by atoms with van der Waals surface area (Å²) in [5.41, 5.74) is 2.93. The van der Waals surface area contributed by atoms with Crippen LogP contribution in [0.3, 0.4) is 0 Å². The van der Waals surface area contributed by atoms with Crippen molar-refractivity contribution in [1.82, 2.24) is 0 Å². The minimum atomic E-state index is 0.0912. The molecule has 0 aromatic heterocycles. The summed E-state index contributed by atoms with van der Waals surface area (Å²) < 4.78 is 0. The molecule has 1 aliphatic carbocycles. The van der Waals surface area contributed by atoms with Gasteiger partial charge in [-0.05, 0) is 56.4 Å². The second-order valence-corrected chi connectivity index (χ2v) is 6.33. The molecule has 112 valence electrons. The van der Waals surface area contributed by atoms with E-state index >= 15 is 0 Å². The van der Waals surface area contributed by atoms with Crippen LogP contribution in [0, 0.1) is 5.92 Å². The van der Waals surface area contributed by atoms with E-state index in [0.717, 1.165) is 49.0 Å². The number of anilines is 1. The molecule has 0 unspecified atom stereocenters. The maximum Gasteiger partial charge on any atom is 0.230 e. The lowest BCUT2D eigenvalue weighted by atomic mass is 9.87. The lowest BCUT2D eigenvalue weighted by molar-refractivity contribution is -0.123. The number of hydrogen-bond acceptors (Lipinski definition) is 2. The SMILES string of the molecule is CC(=O)c1ccc2c(c1)CCCN2C(=O)C1CCCCC1. The van der Waals surface area contributed by atoms with Gasteiger partial charge < -0.3 is 4.90 Å². The molecule has 21 heavy (non-hydrogen) atoms. The Morgan fingerprint density at radius 2 is 1.86 bits per heavy atom. The van der Waals surface area contributed by atoms with Crippen LogP contribution in [-0.4, -0.2) is 18.2 Å². The summed E-state index contributed by atoms with van der Waals surface area (Å²) in [5.74, 6) is 0.594. The van der Waals surface area contributed by atoms with Crippen molar-refractivity contribution in [2.24, 2.45) is 5.92 Å². The first-order chi connectivity index (χ1) is 10.2. The predicted molar refractivity (Wildman–Crippen MR) is 83.7 cm³/mol. The van der Waals surface area contributed by atoms with E-state index in [0.29, 0.717) is 5.91 Å². The Balaban J connectivity index is 1.86. The molecule has 3 heteroatoms. The molecule has 0 radical (unpaired) electrons. The van der Waals surface area contributed by atoms with E-state index in [9.17, 15) is 9.59 Å². The van der Waals surface area contributed by atoms with Gasteiger partial charge in [-0.1, -0.05) is 19.3 Å². The van der Waals surface area contributed by atoms with Crippen LogP contribution in [0.4, 0.5) is 5.69 Å². The molecule has 1 aliphatic heterocycles. The number of hydrogen-bond donors (Lipinski definition) is 0. The van der Waals surface area contributed by atoms with Crippen LogP contribution in [0.2, 0.25) is 0 Å². The summed E-state index contributed by atoms with van der Waals surface area (Å²) in [6.45, 7) is 2.41. The van der Waals surface area contributed by atoms with E-state index in [4.69, 9.17) is 0 Å². The molecule has 0 spiro atoms. The molecule has 0 bridgehead atoms. The van der Waals surface area contributed by atoms with E-state index in [1.165, 1.54) is 19.3 Å². The number of aryl methyl sites for hydroxylation is 1. The number of carbonyl (C=O) groups is 2. The van der Waals surface area contributed by atoms with Crippen molar-refractivity contribution in [3.05, 3.63) is 29.3 Å². The lowest BCUT2D eigenvalue weighted by Crippen LogP contribution is -2.40. The quantitative estimate of drug-likeness (QED) is 0.776. The molecule has 2 aliphatic rings. The molecule has 1 heterocycles. The van der Waals surface area contributed by atoms with Crippen LogP contribution in [0.15, 0.2) is 18.2 Å². The van der Waals surface area contributed by atoms with Crippen LogP contribution in [0.25, 0.3) is 0 Å². The lowest BCUT2D eigenvalue weighted by Gasteiger charge is -2.33. The van der Waals surface area contributed by atoms with Crippen molar-refractivity contribution in [2.75, 3.05) is 11.4 Å². The van der Waals surface area contributed by atoms with Crippen molar-refractivity contribution < 1.29 is 9.59 Å². The van der Waals surface area contributed by atoms with E-state index < -0.39 is 0 Å². The van der Waals surface area contributed by atoms with Gasteiger partial charge in [-0.25, -0.2) is 0 Å². The Labute approximate surface area is 126 Å². The van der Waals surface area contributed by atoms with Gasteiger partial charge in [0.1, 0.15) is 0 Å². The van der Waals surface area contributed by atoms with Gasteiger partial charge in [-0.2, -0.15) is 0 Å². The molecular formula is C18H23NO2. The van der Waals surface area contributed by atoms with Crippen molar-refractivity contribution in [3.63, 3.8) is 0 Å². The summed E-state index contributed by atoms with van der Waals surface area (Å²) in [7, 11) is 0. The summed E-state index contributed by atoms with van der Waals surface area (Å²) in [6, 6.07) is 5.79. The topological polar surface area (TPSA) is 37.4 Å². The first-order valence-electron chi connectivity index (χ1n) is 8.12. The number of fused-ring (bicyclic) bond motifs is 1. The van der Waals surface area contributed by atoms with Crippen molar-refractivity contribution in [3.8, 4) is 0 Å². The highest BCUT2D eigenvalue weighted by Gasteiger charge is 2.29. The zero-order valence-corrected chi connectivity index (χ0v) is 12.7. The third kappa shape index (κ3) is 2.87. The molecule has 1 aromatic carbocycles. The predicted octanol–water partition coefficient (Wildman–Crippen LogP) is 3.75. The van der Waals surface area contributed by atoms with E-state index in [1.807, 2.05) is 23.1 Å². The summed E-state index contributed by atoms with van der Waals surface area (Å²) in [6.07, 6.45) is 7.66. The highest BCUT2D eigenvalue weighted by molar-refractivity contribution is 5.98. The van der Waals surface area contributed by atoms with Crippen LogP contribution in [0.5, 0.6) is 0 Å². The second-order valence-electron chi connectivity index (χ2n) is 6.33. The normalized spacial score (nSPS) is 19.2. The number of ketones is 1. The first-order valence-corrected chi connectivity index (χ1v) is 8.12. The average molecular weight is 285 g/mol. The zero-order valence-electron chi connectivity index (χ0n) is 12.7. The Bertz CT molecular complexity index is 558. The molecule has 3 nitrogen and oxygen atoms in total. The molecule has 3 rings (SSSR count). The van der Waals surface area contributed by atoms with Gasteiger partial charge in [0.2, 0.25) is 5.91 Å². The average Bonchev–Trinajstić information content (AvgIpc) is 2.54. The minimum absolute atomic E-state index is 0.0912. The van der Waals surface area contributed by atoms with Crippen LogP contribution < -0.4 is 4.90 Å². The molecular weight excluding hydrogens is 262 g/mol. The van der Waals surface area contributed by atoms with Crippen molar-refractivity contribution >= 4 is 17.4 Å². The van der Waals surface area contributed by atoms with E-state index in [1.54, 1.807) is 6.92 Å². The third-order valence-corrected chi connectivity index (χ3v) is 4.83. The maximum absolute atomic E-state index is 12.8. The third-order valence-electron chi connectivity index (χ3n) is 4.83. The number of nitrogens with zero attached hydrogens (tertiary/aromatic N) is 1. The summed E-state index contributed by atoms with van der Waals surface area (Å²) in [5, 5.41) is 0. The first kappa shape index (κ1) is 14.3. The second kappa shape index (κ2) is 6.00. The molecule has 1 saturated carbocycles. The molecule has 0 atom stereocenters.